The molecule has 1 aliphatic heterocycles. The van der Waals surface area contributed by atoms with E-state index in [-0.39, 0.29) is 11.8 Å². The van der Waals surface area contributed by atoms with Crippen molar-refractivity contribution in [2.75, 3.05) is 0 Å². The summed E-state index contributed by atoms with van der Waals surface area (Å²) in [6.07, 6.45) is 4.16. The summed E-state index contributed by atoms with van der Waals surface area (Å²) in [5.74, 6) is 0.998. The molecule has 2 amide bonds. The van der Waals surface area contributed by atoms with Crippen LogP contribution in [0.4, 0.5) is 4.79 Å². The summed E-state index contributed by atoms with van der Waals surface area (Å²) in [6.45, 7) is 0. The van der Waals surface area contributed by atoms with Crippen LogP contribution in [-0.2, 0) is 9.53 Å². The fourth-order valence-electron chi connectivity index (χ4n) is 2.46. The van der Waals surface area contributed by atoms with Crippen LogP contribution in [0.3, 0.4) is 0 Å². The van der Waals surface area contributed by atoms with Gasteiger partial charge in [-0.3, -0.25) is 10.1 Å². The molecule has 4 heteroatoms. The summed E-state index contributed by atoms with van der Waals surface area (Å²) in [7, 11) is 0. The van der Waals surface area contributed by atoms with Gasteiger partial charge in [-0.25, -0.2) is 4.79 Å². The van der Waals surface area contributed by atoms with Crippen LogP contribution in [0.15, 0.2) is 12.2 Å². The lowest BCUT2D eigenvalue weighted by atomic mass is 10.1. The van der Waals surface area contributed by atoms with Crippen molar-refractivity contribution < 1.29 is 14.3 Å². The zero-order valence-electron chi connectivity index (χ0n) is 6.90. The largest absolute Gasteiger partial charge is 0.435 e. The molecule has 1 N–H and O–H groups in total. The van der Waals surface area contributed by atoms with Crippen molar-refractivity contribution in [1.82, 2.24) is 5.32 Å². The smallest absolute Gasteiger partial charge is 0.414 e. The van der Waals surface area contributed by atoms with E-state index in [0.29, 0.717) is 11.8 Å². The van der Waals surface area contributed by atoms with Gasteiger partial charge in [0.25, 0.3) is 5.91 Å². The Morgan fingerprint density at radius 3 is 2.85 bits per heavy atom. The van der Waals surface area contributed by atoms with E-state index in [1.165, 1.54) is 0 Å². The molecule has 68 valence electrons. The highest BCUT2D eigenvalue weighted by molar-refractivity contribution is 6.00. The number of ether oxygens (including phenoxy) is 1. The summed E-state index contributed by atoms with van der Waals surface area (Å²) in [6, 6.07) is 0. The maximum Gasteiger partial charge on any atom is 0.414 e. The average molecular weight is 179 g/mol. The van der Waals surface area contributed by atoms with Crippen LogP contribution in [0.1, 0.15) is 6.42 Å². The van der Waals surface area contributed by atoms with Crippen molar-refractivity contribution in [3.05, 3.63) is 12.2 Å². The van der Waals surface area contributed by atoms with Crippen molar-refractivity contribution in [3.8, 4) is 0 Å². The van der Waals surface area contributed by atoms with E-state index in [9.17, 15) is 9.59 Å². The third-order valence-corrected chi connectivity index (χ3v) is 3.13. The minimum atomic E-state index is -0.594. The number of amides is 2. The fraction of sp³-hybridized carbons (Fsp3) is 0.556. The van der Waals surface area contributed by atoms with Gasteiger partial charge in [0.05, 0.1) is 0 Å². The summed E-state index contributed by atoms with van der Waals surface area (Å²) in [4.78, 5) is 22.0. The topological polar surface area (TPSA) is 55.4 Å². The number of carbonyl (C=O) groups is 2. The Balaban J connectivity index is 1.77. The van der Waals surface area contributed by atoms with E-state index in [4.69, 9.17) is 4.74 Å². The maximum absolute atomic E-state index is 11.2. The zero-order valence-corrected chi connectivity index (χ0v) is 6.90. The molecule has 1 saturated heterocycles. The van der Waals surface area contributed by atoms with E-state index in [1.807, 2.05) is 0 Å². The van der Waals surface area contributed by atoms with Gasteiger partial charge in [-0.2, -0.15) is 0 Å². The second-order valence-electron chi connectivity index (χ2n) is 3.80. The molecule has 4 nitrogen and oxygen atoms in total. The Kier molecular flexibility index (Phi) is 1.17. The first kappa shape index (κ1) is 7.12. The lowest BCUT2D eigenvalue weighted by Crippen LogP contribution is -2.26. The molecule has 3 aliphatic rings. The third kappa shape index (κ3) is 0.855. The molecule has 4 unspecified atom stereocenters. The molecule has 0 aromatic rings. The van der Waals surface area contributed by atoms with Gasteiger partial charge in [-0.15, -0.1) is 0 Å². The Bertz CT molecular complexity index is 323. The quantitative estimate of drug-likeness (QED) is 0.594. The molecular weight excluding hydrogens is 170 g/mol. The first-order chi connectivity index (χ1) is 6.27. The van der Waals surface area contributed by atoms with Gasteiger partial charge in [0.1, 0.15) is 0 Å². The number of carbonyl (C=O) groups excluding carboxylic acids is 2. The Morgan fingerprint density at radius 1 is 1.46 bits per heavy atom. The lowest BCUT2D eigenvalue weighted by molar-refractivity contribution is -0.124. The highest BCUT2D eigenvalue weighted by atomic mass is 16.6. The van der Waals surface area contributed by atoms with Crippen molar-refractivity contribution in [2.24, 2.45) is 17.8 Å². The molecule has 0 aromatic heterocycles. The number of fused-ring (bicyclic) bond motifs is 1. The highest BCUT2D eigenvalue weighted by Gasteiger charge is 2.59. The minimum absolute atomic E-state index is 0.247. The summed E-state index contributed by atoms with van der Waals surface area (Å²) in [5, 5.41) is 2.15. The second-order valence-corrected chi connectivity index (χ2v) is 3.80. The highest BCUT2D eigenvalue weighted by Crippen LogP contribution is 2.56. The molecule has 4 atom stereocenters. The monoisotopic (exact) mass is 179 g/mol. The average Bonchev–Trinajstić information content (AvgIpc) is 2.47. The van der Waals surface area contributed by atoms with Crippen LogP contribution in [0.25, 0.3) is 0 Å². The van der Waals surface area contributed by atoms with Gasteiger partial charge in [0.15, 0.2) is 6.10 Å². The number of nitrogens with one attached hydrogen (secondary N) is 1. The maximum atomic E-state index is 11.2. The lowest BCUT2D eigenvalue weighted by Gasteiger charge is -2.05. The van der Waals surface area contributed by atoms with Gasteiger partial charge in [-0.1, -0.05) is 12.2 Å². The fourth-order valence-corrected chi connectivity index (χ4v) is 2.46. The molecule has 3 rings (SSSR count). The molecule has 1 heterocycles. The first-order valence-corrected chi connectivity index (χ1v) is 4.45. The van der Waals surface area contributed by atoms with Gasteiger partial charge >= 0.3 is 6.09 Å². The molecule has 0 spiro atoms. The molecule has 13 heavy (non-hydrogen) atoms. The van der Waals surface area contributed by atoms with Gasteiger partial charge in [0.2, 0.25) is 0 Å². The molecule has 0 aromatic carbocycles. The predicted molar refractivity (Wildman–Crippen MR) is 42.6 cm³/mol. The second kappa shape index (κ2) is 2.13. The predicted octanol–water partition coefficient (Wildman–Crippen LogP) is 0.444. The van der Waals surface area contributed by atoms with E-state index in [1.54, 1.807) is 0 Å². The van der Waals surface area contributed by atoms with E-state index < -0.39 is 12.2 Å². The number of alkyl carbamates (subject to hydrolysis) is 1. The van der Waals surface area contributed by atoms with Gasteiger partial charge in [0, 0.05) is 5.92 Å². The minimum Gasteiger partial charge on any atom is -0.435 e. The van der Waals surface area contributed by atoms with Crippen molar-refractivity contribution >= 4 is 12.0 Å². The van der Waals surface area contributed by atoms with Crippen molar-refractivity contribution in [2.45, 2.75) is 12.5 Å². The summed E-state index contributed by atoms with van der Waals surface area (Å²) in [5.41, 5.74) is 0. The van der Waals surface area contributed by atoms with Crippen molar-refractivity contribution in [1.29, 1.82) is 0 Å². The van der Waals surface area contributed by atoms with Crippen LogP contribution in [0.2, 0.25) is 0 Å². The van der Waals surface area contributed by atoms with Crippen LogP contribution in [-0.4, -0.2) is 18.1 Å². The Hall–Kier alpha value is -1.32. The van der Waals surface area contributed by atoms with Gasteiger partial charge < -0.3 is 4.74 Å². The third-order valence-electron chi connectivity index (χ3n) is 3.13. The SMILES string of the molecule is O=C1NC(=O)C(C2C3C=CCC32)O1. The van der Waals surface area contributed by atoms with Gasteiger partial charge in [-0.05, 0) is 18.3 Å². The Labute approximate surface area is 74.9 Å². The molecule has 0 radical (unpaired) electrons. The standard InChI is InChI=1S/C9H9NO3/c11-8-7(13-9(12)10-8)6-4-2-1-3-5(4)6/h1-2,4-7H,3H2,(H,10,11,12). The summed E-state index contributed by atoms with van der Waals surface area (Å²) >= 11 is 0. The molecular formula is C9H9NO3. The normalized spacial score (nSPS) is 45.8. The van der Waals surface area contributed by atoms with Crippen LogP contribution in [0, 0.1) is 17.8 Å². The number of hydrogen-bond acceptors (Lipinski definition) is 3. The summed E-state index contributed by atoms with van der Waals surface area (Å²) < 4.78 is 4.90. The molecule has 2 aliphatic carbocycles. The number of allylic oxidation sites excluding steroid dienone is 2. The van der Waals surface area contributed by atoms with Crippen molar-refractivity contribution in [3.63, 3.8) is 0 Å². The van der Waals surface area contributed by atoms with Crippen LogP contribution < -0.4 is 5.32 Å². The van der Waals surface area contributed by atoms with E-state index in [0.717, 1.165) is 6.42 Å². The number of cyclic esters (lactones) is 1. The molecule has 0 bridgehead atoms. The van der Waals surface area contributed by atoms with E-state index in [2.05, 4.69) is 17.5 Å². The van der Waals surface area contributed by atoms with E-state index >= 15 is 0 Å². The molecule has 2 fully saturated rings. The van der Waals surface area contributed by atoms with Crippen LogP contribution >= 0.6 is 0 Å². The number of rotatable bonds is 1. The number of hydrogen-bond donors (Lipinski definition) is 1. The van der Waals surface area contributed by atoms with Crippen LogP contribution in [0.5, 0.6) is 0 Å². The number of imide groups is 1. The first-order valence-electron chi connectivity index (χ1n) is 4.45. The Morgan fingerprint density at radius 2 is 2.31 bits per heavy atom. The molecule has 1 saturated carbocycles. The zero-order chi connectivity index (χ0) is 9.00.